The molecular weight excluding hydrogens is 250 g/mol. The number of hydrogen-bond acceptors (Lipinski definition) is 2. The van der Waals surface area contributed by atoms with Crippen molar-refractivity contribution in [2.45, 2.75) is 6.42 Å². The van der Waals surface area contributed by atoms with Crippen molar-refractivity contribution >= 4 is 23.3 Å². The van der Waals surface area contributed by atoms with Crippen molar-refractivity contribution in [1.29, 1.82) is 0 Å². The van der Waals surface area contributed by atoms with Crippen LogP contribution in [0.5, 0.6) is 0 Å². The van der Waals surface area contributed by atoms with Crippen molar-refractivity contribution < 1.29 is 4.79 Å². The summed E-state index contributed by atoms with van der Waals surface area (Å²) in [6, 6.07) is 6.83. The third-order valence-electron chi connectivity index (χ3n) is 2.74. The Morgan fingerprint density at radius 3 is 2.78 bits per heavy atom. The van der Waals surface area contributed by atoms with E-state index < -0.39 is 0 Å². The fourth-order valence-corrected chi connectivity index (χ4v) is 1.86. The number of amides is 2. The molecule has 2 rings (SSSR count). The number of rotatable bonds is 3. The van der Waals surface area contributed by atoms with Gasteiger partial charge in [0.1, 0.15) is 0 Å². The molecule has 0 radical (unpaired) electrons. The van der Waals surface area contributed by atoms with E-state index in [1.807, 2.05) is 0 Å². The maximum Gasteiger partial charge on any atom is 0.319 e. The fourth-order valence-electron chi connectivity index (χ4n) is 1.73. The second-order valence-electron chi connectivity index (χ2n) is 4.13. The molecule has 3 N–H and O–H groups in total. The predicted molar refractivity (Wildman–Crippen MR) is 74.0 cm³/mol. The second-order valence-corrected chi connectivity index (χ2v) is 4.57. The molecule has 0 bridgehead atoms. The van der Waals surface area contributed by atoms with Crippen molar-refractivity contribution in [2.75, 3.05) is 25.0 Å². The van der Waals surface area contributed by atoms with Crippen LogP contribution in [0, 0.1) is 0 Å². The average Bonchev–Trinajstić information content (AvgIpc) is 2.40. The summed E-state index contributed by atoms with van der Waals surface area (Å²) in [5, 5.41) is 9.48. The first kappa shape index (κ1) is 12.9. The number of carbonyl (C=O) groups is 1. The van der Waals surface area contributed by atoms with Crippen LogP contribution in [0.1, 0.15) is 6.42 Å². The Hall–Kier alpha value is -1.52. The highest BCUT2D eigenvalue weighted by atomic mass is 35.5. The summed E-state index contributed by atoms with van der Waals surface area (Å²) >= 11 is 5.77. The molecule has 1 aromatic rings. The topological polar surface area (TPSA) is 53.2 Å². The first-order chi connectivity index (χ1) is 8.74. The quantitative estimate of drug-likeness (QED) is 0.735. The lowest BCUT2D eigenvalue weighted by Gasteiger charge is -2.14. The number of urea groups is 1. The second kappa shape index (κ2) is 6.42. The SMILES string of the molecule is O=C(NCC1=CCNCC1)Nc1ccc(Cl)cc1. The van der Waals surface area contributed by atoms with Gasteiger partial charge in [-0.1, -0.05) is 23.3 Å². The predicted octanol–water partition coefficient (Wildman–Crippen LogP) is 2.38. The van der Waals surface area contributed by atoms with Crippen LogP contribution in [0.2, 0.25) is 5.02 Å². The van der Waals surface area contributed by atoms with Gasteiger partial charge in [-0.15, -0.1) is 0 Å². The summed E-state index contributed by atoms with van der Waals surface area (Å²) in [5.74, 6) is 0. The number of hydrogen-bond donors (Lipinski definition) is 3. The Bertz CT molecular complexity index is 442. The Balaban J connectivity index is 1.78. The molecule has 1 aliphatic rings. The van der Waals surface area contributed by atoms with Crippen LogP contribution in [0.3, 0.4) is 0 Å². The summed E-state index contributed by atoms with van der Waals surface area (Å²) < 4.78 is 0. The van der Waals surface area contributed by atoms with E-state index in [4.69, 9.17) is 11.6 Å². The zero-order chi connectivity index (χ0) is 12.8. The van der Waals surface area contributed by atoms with Gasteiger partial charge < -0.3 is 16.0 Å². The van der Waals surface area contributed by atoms with Crippen molar-refractivity contribution in [3.8, 4) is 0 Å². The molecule has 0 spiro atoms. The highest BCUT2D eigenvalue weighted by molar-refractivity contribution is 6.30. The first-order valence-corrected chi connectivity index (χ1v) is 6.31. The number of carbonyl (C=O) groups excluding carboxylic acids is 1. The minimum Gasteiger partial charge on any atom is -0.334 e. The van der Waals surface area contributed by atoms with Crippen molar-refractivity contribution in [3.63, 3.8) is 0 Å². The largest absolute Gasteiger partial charge is 0.334 e. The Morgan fingerprint density at radius 2 is 2.11 bits per heavy atom. The van der Waals surface area contributed by atoms with E-state index in [-0.39, 0.29) is 6.03 Å². The summed E-state index contributed by atoms with van der Waals surface area (Å²) in [4.78, 5) is 11.6. The van der Waals surface area contributed by atoms with Crippen LogP contribution in [0.15, 0.2) is 35.9 Å². The molecule has 96 valence electrons. The van der Waals surface area contributed by atoms with Crippen LogP contribution in [-0.2, 0) is 0 Å². The molecule has 0 aliphatic carbocycles. The minimum absolute atomic E-state index is 0.197. The maximum atomic E-state index is 11.6. The van der Waals surface area contributed by atoms with Gasteiger partial charge in [0.25, 0.3) is 0 Å². The molecule has 0 aromatic heterocycles. The van der Waals surface area contributed by atoms with Gasteiger partial charge in [0.15, 0.2) is 0 Å². The molecule has 0 atom stereocenters. The van der Waals surface area contributed by atoms with Gasteiger partial charge in [-0.25, -0.2) is 4.79 Å². The zero-order valence-corrected chi connectivity index (χ0v) is 10.8. The van der Waals surface area contributed by atoms with Crippen LogP contribution >= 0.6 is 11.6 Å². The fraction of sp³-hybridized carbons (Fsp3) is 0.308. The van der Waals surface area contributed by atoms with E-state index in [2.05, 4.69) is 22.0 Å². The molecule has 1 aromatic carbocycles. The van der Waals surface area contributed by atoms with E-state index in [9.17, 15) is 4.79 Å². The van der Waals surface area contributed by atoms with Gasteiger partial charge in [-0.05, 0) is 37.2 Å². The first-order valence-electron chi connectivity index (χ1n) is 5.93. The van der Waals surface area contributed by atoms with E-state index in [1.165, 1.54) is 5.57 Å². The van der Waals surface area contributed by atoms with Crippen LogP contribution in [0.25, 0.3) is 0 Å². The van der Waals surface area contributed by atoms with Crippen LogP contribution in [-0.4, -0.2) is 25.7 Å². The molecule has 0 saturated heterocycles. The van der Waals surface area contributed by atoms with Gasteiger partial charge in [0.05, 0.1) is 0 Å². The van der Waals surface area contributed by atoms with E-state index in [1.54, 1.807) is 24.3 Å². The van der Waals surface area contributed by atoms with Crippen molar-refractivity contribution in [1.82, 2.24) is 10.6 Å². The molecule has 0 unspecified atom stereocenters. The van der Waals surface area contributed by atoms with Crippen LogP contribution < -0.4 is 16.0 Å². The average molecular weight is 266 g/mol. The Labute approximate surface area is 111 Å². The standard InChI is InChI=1S/C13H16ClN3O/c14-11-1-3-12(4-2-11)17-13(18)16-9-10-5-7-15-8-6-10/h1-5,15H,6-9H2,(H2,16,17,18). The van der Waals surface area contributed by atoms with Gasteiger partial charge in [0.2, 0.25) is 0 Å². The summed E-state index contributed by atoms with van der Waals surface area (Å²) in [6.45, 7) is 2.46. The number of halogens is 1. The lowest BCUT2D eigenvalue weighted by Crippen LogP contribution is -2.32. The zero-order valence-electron chi connectivity index (χ0n) is 10.0. The molecule has 2 amide bonds. The molecule has 18 heavy (non-hydrogen) atoms. The summed E-state index contributed by atoms with van der Waals surface area (Å²) in [6.07, 6.45) is 3.10. The number of nitrogens with one attached hydrogen (secondary N) is 3. The summed E-state index contributed by atoms with van der Waals surface area (Å²) in [7, 11) is 0. The molecule has 1 aliphatic heterocycles. The van der Waals surface area contributed by atoms with Gasteiger partial charge >= 0.3 is 6.03 Å². The minimum atomic E-state index is -0.197. The van der Waals surface area contributed by atoms with E-state index >= 15 is 0 Å². The lowest BCUT2D eigenvalue weighted by molar-refractivity contribution is 0.252. The highest BCUT2D eigenvalue weighted by Crippen LogP contribution is 2.13. The molecule has 0 fully saturated rings. The highest BCUT2D eigenvalue weighted by Gasteiger charge is 2.05. The molecule has 4 nitrogen and oxygen atoms in total. The smallest absolute Gasteiger partial charge is 0.319 e. The van der Waals surface area contributed by atoms with E-state index in [0.29, 0.717) is 11.6 Å². The van der Waals surface area contributed by atoms with Gasteiger partial charge in [-0.3, -0.25) is 0 Å². The lowest BCUT2D eigenvalue weighted by atomic mass is 10.1. The third kappa shape index (κ3) is 4.05. The Morgan fingerprint density at radius 1 is 1.33 bits per heavy atom. The maximum absolute atomic E-state index is 11.6. The van der Waals surface area contributed by atoms with E-state index in [0.717, 1.165) is 25.2 Å². The van der Waals surface area contributed by atoms with Crippen LogP contribution in [0.4, 0.5) is 10.5 Å². The number of benzene rings is 1. The molecular formula is C13H16ClN3O. The van der Waals surface area contributed by atoms with Crippen molar-refractivity contribution in [2.24, 2.45) is 0 Å². The monoisotopic (exact) mass is 265 g/mol. The van der Waals surface area contributed by atoms with Gasteiger partial charge in [0, 0.05) is 23.8 Å². The summed E-state index contributed by atoms with van der Waals surface area (Å²) in [5.41, 5.74) is 2.00. The molecule has 0 saturated carbocycles. The van der Waals surface area contributed by atoms with Gasteiger partial charge in [-0.2, -0.15) is 0 Å². The van der Waals surface area contributed by atoms with Crippen molar-refractivity contribution in [3.05, 3.63) is 40.9 Å². The normalized spacial score (nSPS) is 14.8. The Kier molecular flexibility index (Phi) is 4.61. The molecule has 1 heterocycles. The third-order valence-corrected chi connectivity index (χ3v) is 2.99. The molecule has 5 heteroatoms. The number of anilines is 1.